The van der Waals surface area contributed by atoms with Gasteiger partial charge in [0.15, 0.2) is 0 Å². The zero-order valence-corrected chi connectivity index (χ0v) is 14.4. The summed E-state index contributed by atoms with van der Waals surface area (Å²) in [5.41, 5.74) is 0. The molecule has 4 nitrogen and oxygen atoms in total. The van der Waals surface area contributed by atoms with E-state index in [2.05, 4.69) is 32.0 Å². The fourth-order valence-electron chi connectivity index (χ4n) is 1.00. The quantitative estimate of drug-likeness (QED) is 0.409. The van der Waals surface area contributed by atoms with Gasteiger partial charge in [0.25, 0.3) is 0 Å². The average Bonchev–Trinajstić information content (AvgIpc) is 2.34. The molecule has 0 aliphatic carbocycles. The van der Waals surface area contributed by atoms with Gasteiger partial charge in [-0.3, -0.25) is 0 Å². The van der Waals surface area contributed by atoms with E-state index >= 15 is 0 Å². The van der Waals surface area contributed by atoms with Crippen molar-refractivity contribution in [3.8, 4) is 11.5 Å². The van der Waals surface area contributed by atoms with Gasteiger partial charge in [-0.1, -0.05) is 0 Å². The SMILES string of the molecule is Cc1[o+]ccc([Se-])c1[O-].Cc1[o+]ccc([Se-])c1[O-].[Cu+2]. The summed E-state index contributed by atoms with van der Waals surface area (Å²) >= 11 is 5.28. The largest absolute Gasteiger partial charge is 2.00 e. The van der Waals surface area contributed by atoms with Crippen LogP contribution in [0.4, 0.5) is 0 Å². The molecule has 19 heavy (non-hydrogen) atoms. The molecular formula is C12H10CuO4Se2. The van der Waals surface area contributed by atoms with E-state index in [1.165, 1.54) is 12.5 Å². The molecule has 0 atom stereocenters. The van der Waals surface area contributed by atoms with Gasteiger partial charge in [0, 0.05) is 0 Å². The molecule has 0 spiro atoms. The topological polar surface area (TPSA) is 68.7 Å². The van der Waals surface area contributed by atoms with Crippen molar-refractivity contribution in [2.24, 2.45) is 0 Å². The second-order valence-corrected chi connectivity index (χ2v) is 5.19. The molecule has 0 aliphatic heterocycles. The molecule has 1 radical (unpaired) electrons. The second-order valence-electron chi connectivity index (χ2n) is 3.34. The van der Waals surface area contributed by atoms with Crippen molar-refractivity contribution in [1.29, 1.82) is 0 Å². The first kappa shape index (κ1) is 18.5. The van der Waals surface area contributed by atoms with Crippen molar-refractivity contribution in [2.45, 2.75) is 13.8 Å². The minimum absolute atomic E-state index is 0. The number of aryl methyl sites for hydroxylation is 2. The van der Waals surface area contributed by atoms with Gasteiger partial charge in [-0.25, -0.2) is 0 Å². The molecular weight excluding hydrogens is 430 g/mol. The Kier molecular flexibility index (Phi) is 8.35. The summed E-state index contributed by atoms with van der Waals surface area (Å²) in [7, 11) is 0. The molecule has 2 aromatic rings. The van der Waals surface area contributed by atoms with Crippen molar-refractivity contribution in [3.05, 3.63) is 36.2 Å². The third kappa shape index (κ3) is 5.53. The number of rotatable bonds is 0. The summed E-state index contributed by atoms with van der Waals surface area (Å²) < 4.78 is 10.8. The van der Waals surface area contributed by atoms with Gasteiger partial charge in [0.05, 0.1) is 0 Å². The predicted octanol–water partition coefficient (Wildman–Crippen LogP) is -0.529. The van der Waals surface area contributed by atoms with Crippen LogP contribution in [0.25, 0.3) is 0 Å². The van der Waals surface area contributed by atoms with Crippen molar-refractivity contribution >= 4 is 40.9 Å². The van der Waals surface area contributed by atoms with Crippen LogP contribution in [0.2, 0.25) is 0 Å². The maximum absolute atomic E-state index is 10.8. The van der Waals surface area contributed by atoms with Gasteiger partial charge in [0.2, 0.25) is 0 Å². The molecule has 0 N–H and O–H groups in total. The summed E-state index contributed by atoms with van der Waals surface area (Å²) in [4.78, 5) is 0. The second kappa shape index (κ2) is 8.59. The normalized spacial score (nSPS) is 8.95. The summed E-state index contributed by atoms with van der Waals surface area (Å²) in [6, 6.07) is 3.21. The molecule has 0 fully saturated rings. The van der Waals surface area contributed by atoms with Gasteiger partial charge in [-0.15, -0.1) is 0 Å². The molecule has 0 aromatic carbocycles. The van der Waals surface area contributed by atoms with Crippen LogP contribution in [0.3, 0.4) is 0 Å². The Morgan fingerprint density at radius 3 is 1.37 bits per heavy atom. The maximum Gasteiger partial charge on any atom is 2.00 e. The third-order valence-corrected chi connectivity index (χ3v) is 3.36. The summed E-state index contributed by atoms with van der Waals surface area (Å²) in [5, 5.41) is 21.7. The van der Waals surface area contributed by atoms with Crippen LogP contribution in [0.1, 0.15) is 11.5 Å². The first-order valence-electron chi connectivity index (χ1n) is 4.94. The van der Waals surface area contributed by atoms with Crippen LogP contribution in [-0.4, -0.2) is 32.0 Å². The molecule has 0 saturated carbocycles. The van der Waals surface area contributed by atoms with Crippen molar-refractivity contribution in [3.63, 3.8) is 0 Å². The van der Waals surface area contributed by atoms with Crippen LogP contribution in [0, 0.1) is 13.8 Å². The molecule has 0 amide bonds. The van der Waals surface area contributed by atoms with E-state index < -0.39 is 0 Å². The van der Waals surface area contributed by atoms with Crippen LogP contribution in [-0.2, 0) is 17.1 Å². The molecule has 2 heterocycles. The zero-order chi connectivity index (χ0) is 13.7. The maximum atomic E-state index is 10.8. The first-order valence-corrected chi connectivity index (χ1v) is 6.65. The standard InChI is InChI=1S/2C6H6O2Se.Cu/c2*1-4-6(7)5(9)2-3-8-4;/h2*2-3H,1H3,(H-,7,9);/q;;+2/p-2. The molecule has 0 aliphatic rings. The Labute approximate surface area is 138 Å². The number of hydrogen-bond donors (Lipinski definition) is 0. The fourth-order valence-corrected chi connectivity index (χ4v) is 1.84. The van der Waals surface area contributed by atoms with Crippen LogP contribution in [0.5, 0.6) is 11.5 Å². The average molecular weight is 440 g/mol. The van der Waals surface area contributed by atoms with Crippen molar-refractivity contribution in [2.75, 3.05) is 0 Å². The Bertz CT molecular complexity index is 459. The van der Waals surface area contributed by atoms with E-state index in [1.54, 1.807) is 26.0 Å². The Hall–Kier alpha value is -0.542. The van der Waals surface area contributed by atoms with Gasteiger partial charge < -0.3 is 0 Å². The Morgan fingerprint density at radius 2 is 1.16 bits per heavy atom. The molecule has 105 valence electrons. The predicted molar refractivity (Wildman–Crippen MR) is 65.4 cm³/mol. The van der Waals surface area contributed by atoms with Crippen LogP contribution >= 0.6 is 0 Å². The van der Waals surface area contributed by atoms with Crippen LogP contribution < -0.4 is 19.1 Å². The van der Waals surface area contributed by atoms with E-state index in [9.17, 15) is 10.2 Å². The van der Waals surface area contributed by atoms with Gasteiger partial charge in [-0.05, 0) is 0 Å². The summed E-state index contributed by atoms with van der Waals surface area (Å²) in [5.74, 6) is 0.729. The van der Waals surface area contributed by atoms with E-state index in [0.29, 0.717) is 20.4 Å². The molecule has 0 unspecified atom stereocenters. The molecule has 2 rings (SSSR count). The Morgan fingerprint density at radius 1 is 0.842 bits per heavy atom. The molecule has 0 saturated heterocycles. The van der Waals surface area contributed by atoms with E-state index in [1.807, 2.05) is 0 Å². The van der Waals surface area contributed by atoms with Crippen LogP contribution in [0.15, 0.2) is 33.5 Å². The van der Waals surface area contributed by atoms with Crippen molar-refractivity contribution < 1.29 is 36.1 Å². The summed E-state index contributed by atoms with van der Waals surface area (Å²) in [6.07, 6.45) is 2.98. The first-order chi connectivity index (χ1) is 8.43. The van der Waals surface area contributed by atoms with E-state index in [-0.39, 0.29) is 28.6 Å². The molecule has 0 bridgehead atoms. The minimum atomic E-state index is -0.0579. The zero-order valence-electron chi connectivity index (χ0n) is 10.1. The van der Waals surface area contributed by atoms with E-state index in [4.69, 9.17) is 8.83 Å². The monoisotopic (exact) mass is 441 g/mol. The van der Waals surface area contributed by atoms with Gasteiger partial charge >= 0.3 is 139 Å². The molecule has 2 aromatic heterocycles. The van der Waals surface area contributed by atoms with Crippen molar-refractivity contribution in [1.82, 2.24) is 0 Å². The van der Waals surface area contributed by atoms with E-state index in [0.717, 1.165) is 0 Å². The fraction of sp³-hybridized carbons (Fsp3) is 0.167. The van der Waals surface area contributed by atoms with Gasteiger partial charge in [0.1, 0.15) is 0 Å². The van der Waals surface area contributed by atoms with Gasteiger partial charge in [-0.2, -0.15) is 0 Å². The Balaban J connectivity index is 0.000000324. The minimum Gasteiger partial charge on any atom is 2.00 e. The summed E-state index contributed by atoms with van der Waals surface area (Å²) in [6.45, 7) is 3.28. The third-order valence-electron chi connectivity index (χ3n) is 2.02. The smallest absolute Gasteiger partial charge is 2.00 e. The number of hydrogen-bond acceptors (Lipinski definition) is 2. The molecule has 7 heteroatoms.